The smallest absolute Gasteiger partial charge is 0.0725 e. The van der Waals surface area contributed by atoms with E-state index in [1.54, 1.807) is 0 Å². The standard InChI is InChI=1S/C45H26S/c1-4-20-36-29(14-1)31-17-7-11-27-13-9-22-38(41(27)31)45(36)37-21-5-2-16-35(37)43-33(19-10-23-39(43)45)34-26-25-28-12-8-18-32-30-15-3-6-24-40(30)46-44(34)42(28)32/h1-26H. The van der Waals surface area contributed by atoms with E-state index in [4.69, 9.17) is 0 Å². The van der Waals surface area contributed by atoms with Gasteiger partial charge in [-0.05, 0) is 89.0 Å². The molecule has 0 saturated carbocycles. The van der Waals surface area contributed by atoms with Crippen LogP contribution in [0, 0.1) is 0 Å². The van der Waals surface area contributed by atoms with Gasteiger partial charge in [0.25, 0.3) is 0 Å². The van der Waals surface area contributed by atoms with E-state index in [1.165, 1.54) is 98.1 Å². The van der Waals surface area contributed by atoms with Crippen LogP contribution in [0.4, 0.5) is 0 Å². The topological polar surface area (TPSA) is 0 Å². The Balaban J connectivity index is 1.29. The van der Waals surface area contributed by atoms with E-state index in [0.717, 1.165) is 0 Å². The lowest BCUT2D eigenvalue weighted by atomic mass is 9.61. The second kappa shape index (κ2) is 8.88. The second-order valence-corrected chi connectivity index (χ2v) is 13.8. The molecule has 0 N–H and O–H groups in total. The van der Waals surface area contributed by atoms with E-state index in [-0.39, 0.29) is 0 Å². The van der Waals surface area contributed by atoms with Crippen molar-refractivity contribution in [3.63, 3.8) is 0 Å². The van der Waals surface area contributed by atoms with Crippen molar-refractivity contribution in [2.45, 2.75) is 15.2 Å². The van der Waals surface area contributed by atoms with Gasteiger partial charge in [-0.1, -0.05) is 163 Å². The summed E-state index contributed by atoms with van der Waals surface area (Å²) in [4.78, 5) is 2.68. The Morgan fingerprint density at radius 2 is 0.870 bits per heavy atom. The predicted molar refractivity (Wildman–Crippen MR) is 193 cm³/mol. The van der Waals surface area contributed by atoms with Crippen molar-refractivity contribution in [2.24, 2.45) is 0 Å². The molecule has 0 nitrogen and oxygen atoms in total. The van der Waals surface area contributed by atoms with Crippen molar-refractivity contribution in [2.75, 3.05) is 0 Å². The lowest BCUT2D eigenvalue weighted by molar-refractivity contribution is 0.773. The van der Waals surface area contributed by atoms with Crippen LogP contribution < -0.4 is 0 Å². The zero-order valence-electron chi connectivity index (χ0n) is 24.9. The number of hydrogen-bond donors (Lipinski definition) is 0. The quantitative estimate of drug-likeness (QED) is 0.181. The van der Waals surface area contributed by atoms with Crippen molar-refractivity contribution in [3.05, 3.63) is 180 Å². The van der Waals surface area contributed by atoms with Crippen LogP contribution in [0.2, 0.25) is 0 Å². The highest BCUT2D eigenvalue weighted by Crippen LogP contribution is 2.63. The van der Waals surface area contributed by atoms with Gasteiger partial charge in [-0.25, -0.2) is 0 Å². The van der Waals surface area contributed by atoms with Gasteiger partial charge in [0.1, 0.15) is 0 Å². The molecule has 3 aliphatic rings. The Morgan fingerprint density at radius 1 is 0.326 bits per heavy atom. The SMILES string of the molecule is c1ccc2c(c1)Sc1c(-c3cccc4c3-c3ccccc3C43c4ccccc4-c4cccc5cccc3c45)ccc3cccc-2c13. The molecule has 1 spiro atoms. The Bertz CT molecular complexity index is 2620. The van der Waals surface area contributed by atoms with Gasteiger partial charge in [-0.2, -0.15) is 0 Å². The van der Waals surface area contributed by atoms with Crippen LogP contribution in [0.3, 0.4) is 0 Å². The zero-order valence-corrected chi connectivity index (χ0v) is 25.7. The maximum Gasteiger partial charge on any atom is 0.0725 e. The summed E-state index contributed by atoms with van der Waals surface area (Å²) in [5.41, 5.74) is 15.7. The molecule has 0 amide bonds. The lowest BCUT2D eigenvalue weighted by Gasteiger charge is -2.40. The maximum atomic E-state index is 2.41. The minimum atomic E-state index is -0.411. The fourth-order valence-corrected chi connectivity index (χ4v) is 10.2. The Hall–Kier alpha value is -5.37. The third-order valence-electron chi connectivity index (χ3n) is 10.7. The highest BCUT2D eigenvalue weighted by atomic mass is 32.2. The van der Waals surface area contributed by atoms with Crippen molar-refractivity contribution >= 4 is 33.3 Å². The highest BCUT2D eigenvalue weighted by Gasteiger charge is 2.50. The summed E-state index contributed by atoms with van der Waals surface area (Å²) in [5, 5.41) is 5.33. The molecule has 0 radical (unpaired) electrons. The summed E-state index contributed by atoms with van der Waals surface area (Å²) in [6, 6.07) is 59.4. The van der Waals surface area contributed by atoms with E-state index in [1.807, 2.05) is 11.8 Å². The summed E-state index contributed by atoms with van der Waals surface area (Å²) in [6.07, 6.45) is 0. The minimum absolute atomic E-state index is 0.411. The van der Waals surface area contributed by atoms with Crippen molar-refractivity contribution in [3.8, 4) is 44.5 Å². The van der Waals surface area contributed by atoms with Gasteiger partial charge in [0.15, 0.2) is 0 Å². The maximum absolute atomic E-state index is 2.41. The highest BCUT2D eigenvalue weighted by molar-refractivity contribution is 8.00. The number of hydrogen-bond acceptors (Lipinski definition) is 1. The molecule has 1 heterocycles. The first kappa shape index (κ1) is 24.9. The average Bonchev–Trinajstić information content (AvgIpc) is 3.42. The van der Waals surface area contributed by atoms with E-state index in [2.05, 4.69) is 158 Å². The third-order valence-corrected chi connectivity index (χ3v) is 11.9. The molecular formula is C45H26S. The van der Waals surface area contributed by atoms with Crippen molar-refractivity contribution < 1.29 is 0 Å². The van der Waals surface area contributed by atoms with Crippen LogP contribution in [0.5, 0.6) is 0 Å². The third kappa shape index (κ3) is 2.93. The van der Waals surface area contributed by atoms with Crippen LogP contribution in [-0.4, -0.2) is 0 Å². The number of benzene rings is 8. The van der Waals surface area contributed by atoms with Gasteiger partial charge in [0, 0.05) is 15.2 Å². The Morgan fingerprint density at radius 3 is 1.70 bits per heavy atom. The molecular weight excluding hydrogens is 573 g/mol. The fraction of sp³-hybridized carbons (Fsp3) is 0.0222. The molecule has 8 aromatic rings. The number of rotatable bonds is 1. The first-order valence-electron chi connectivity index (χ1n) is 16.0. The minimum Gasteiger partial charge on any atom is -0.0881 e. The molecule has 0 bridgehead atoms. The van der Waals surface area contributed by atoms with Crippen molar-refractivity contribution in [1.82, 2.24) is 0 Å². The van der Waals surface area contributed by atoms with Gasteiger partial charge >= 0.3 is 0 Å². The molecule has 46 heavy (non-hydrogen) atoms. The lowest BCUT2D eigenvalue weighted by Crippen LogP contribution is -2.31. The zero-order chi connectivity index (χ0) is 30.0. The van der Waals surface area contributed by atoms with Gasteiger partial charge in [0.2, 0.25) is 0 Å². The summed E-state index contributed by atoms with van der Waals surface area (Å²) in [7, 11) is 0. The van der Waals surface area contributed by atoms with E-state index in [9.17, 15) is 0 Å². The largest absolute Gasteiger partial charge is 0.0881 e. The second-order valence-electron chi connectivity index (χ2n) is 12.7. The molecule has 1 atom stereocenters. The van der Waals surface area contributed by atoms with Crippen LogP contribution in [0.15, 0.2) is 168 Å². The summed E-state index contributed by atoms with van der Waals surface area (Å²) < 4.78 is 0. The molecule has 0 aromatic heterocycles. The summed E-state index contributed by atoms with van der Waals surface area (Å²) >= 11 is 1.93. The molecule has 0 saturated heterocycles. The average molecular weight is 599 g/mol. The van der Waals surface area contributed by atoms with E-state index >= 15 is 0 Å². The molecule has 1 heteroatoms. The van der Waals surface area contributed by atoms with Gasteiger partial charge in [0.05, 0.1) is 5.41 Å². The van der Waals surface area contributed by atoms with Gasteiger partial charge < -0.3 is 0 Å². The first-order chi connectivity index (χ1) is 22.8. The molecule has 1 unspecified atom stereocenters. The molecule has 212 valence electrons. The first-order valence-corrected chi connectivity index (χ1v) is 16.8. The normalized spacial score (nSPS) is 16.3. The molecule has 8 aromatic carbocycles. The Kier molecular flexibility index (Phi) is 4.80. The van der Waals surface area contributed by atoms with Crippen LogP contribution in [-0.2, 0) is 5.41 Å². The van der Waals surface area contributed by atoms with Crippen LogP contribution in [0.1, 0.15) is 22.3 Å². The van der Waals surface area contributed by atoms with Gasteiger partial charge in [-0.15, -0.1) is 0 Å². The monoisotopic (exact) mass is 598 g/mol. The van der Waals surface area contributed by atoms with Crippen molar-refractivity contribution in [1.29, 1.82) is 0 Å². The van der Waals surface area contributed by atoms with E-state index in [0.29, 0.717) is 0 Å². The summed E-state index contributed by atoms with van der Waals surface area (Å²) in [5.74, 6) is 0. The molecule has 0 fully saturated rings. The van der Waals surface area contributed by atoms with Gasteiger partial charge in [-0.3, -0.25) is 0 Å². The van der Waals surface area contributed by atoms with E-state index < -0.39 is 5.41 Å². The number of fused-ring (bicyclic) bond motifs is 11. The molecule has 11 rings (SSSR count). The fourth-order valence-electron chi connectivity index (χ4n) is 8.98. The summed E-state index contributed by atoms with van der Waals surface area (Å²) in [6.45, 7) is 0. The van der Waals surface area contributed by atoms with Crippen LogP contribution >= 0.6 is 11.8 Å². The molecule has 1 aliphatic heterocycles. The Labute approximate surface area is 272 Å². The molecule has 2 aliphatic carbocycles. The predicted octanol–water partition coefficient (Wildman–Crippen LogP) is 12.1. The van der Waals surface area contributed by atoms with Crippen LogP contribution in [0.25, 0.3) is 66.1 Å².